The summed E-state index contributed by atoms with van der Waals surface area (Å²) in [7, 11) is 0. The van der Waals surface area contributed by atoms with Gasteiger partial charge in [0.2, 0.25) is 5.91 Å². The fourth-order valence-corrected chi connectivity index (χ4v) is 4.11. The summed E-state index contributed by atoms with van der Waals surface area (Å²) in [5, 5.41) is 1.17. The quantitative estimate of drug-likeness (QED) is 0.610. The van der Waals surface area contributed by atoms with E-state index in [0.29, 0.717) is 12.8 Å². The molecule has 0 saturated heterocycles. The van der Waals surface area contributed by atoms with Crippen LogP contribution in [-0.4, -0.2) is 23.6 Å². The van der Waals surface area contributed by atoms with Crippen LogP contribution < -0.4 is 17.3 Å². The molecule has 1 aliphatic rings. The lowest BCUT2D eigenvalue weighted by Gasteiger charge is -2.24. The predicted molar refractivity (Wildman–Crippen MR) is 115 cm³/mol. The first-order chi connectivity index (χ1) is 13.8. The highest BCUT2D eigenvalue weighted by atomic mass is 35.5. The molecule has 0 fully saturated rings. The Kier molecular flexibility index (Phi) is 7.08. The summed E-state index contributed by atoms with van der Waals surface area (Å²) < 4.78 is 1.83. The van der Waals surface area contributed by atoms with Crippen molar-refractivity contribution < 1.29 is 22.1 Å². The largest absolute Gasteiger partial charge is 1.00 e. The lowest BCUT2D eigenvalue weighted by Crippen LogP contribution is -3.11. The molecule has 2 aromatic carbocycles. The molecule has 150 valence electrons. The molecule has 3 aromatic rings. The van der Waals surface area contributed by atoms with Crippen molar-refractivity contribution in [1.29, 1.82) is 0 Å². The number of benzene rings is 2. The number of hydrogen-bond acceptors (Lipinski definition) is 1. The number of quaternary nitrogens is 1. The molecular formula is C25H27ClN2O. The second-order valence-electron chi connectivity index (χ2n) is 7.51. The Morgan fingerprint density at radius 3 is 2.66 bits per heavy atom. The van der Waals surface area contributed by atoms with Crippen LogP contribution in [0.5, 0.6) is 0 Å². The van der Waals surface area contributed by atoms with Crippen LogP contribution in [0.4, 0.5) is 0 Å². The third-order valence-corrected chi connectivity index (χ3v) is 5.51. The van der Waals surface area contributed by atoms with E-state index < -0.39 is 0 Å². The Hall–Kier alpha value is -2.62. The SMILES string of the molecule is C=CCCC(=O)n1cc(C2=CCC[NH+](Cc3ccccc3)C2)c2ccccc21.[Cl-]. The molecule has 0 amide bonds. The van der Waals surface area contributed by atoms with E-state index in [4.69, 9.17) is 0 Å². The number of rotatable bonds is 6. The van der Waals surface area contributed by atoms with Crippen LogP contribution in [0.15, 0.2) is 79.5 Å². The normalized spacial score (nSPS) is 16.1. The second-order valence-corrected chi connectivity index (χ2v) is 7.51. The van der Waals surface area contributed by atoms with Crippen molar-refractivity contribution >= 4 is 22.4 Å². The van der Waals surface area contributed by atoms with Gasteiger partial charge in [-0.3, -0.25) is 9.36 Å². The third kappa shape index (κ3) is 4.69. The van der Waals surface area contributed by atoms with Gasteiger partial charge in [-0.1, -0.05) is 60.7 Å². The number of nitrogens with zero attached hydrogens (tertiary/aromatic N) is 1. The smallest absolute Gasteiger partial charge is 0.231 e. The molecule has 1 N–H and O–H groups in total. The van der Waals surface area contributed by atoms with Crippen LogP contribution in [-0.2, 0) is 6.54 Å². The fraction of sp³-hybridized carbons (Fsp3) is 0.240. The van der Waals surface area contributed by atoms with Gasteiger partial charge < -0.3 is 17.3 Å². The predicted octanol–water partition coefficient (Wildman–Crippen LogP) is 1.12. The Balaban J connectivity index is 0.00000240. The summed E-state index contributed by atoms with van der Waals surface area (Å²) in [5.74, 6) is 0.132. The van der Waals surface area contributed by atoms with Gasteiger partial charge in [0.05, 0.1) is 12.1 Å². The van der Waals surface area contributed by atoms with E-state index in [9.17, 15) is 4.79 Å². The molecule has 0 saturated carbocycles. The summed E-state index contributed by atoms with van der Waals surface area (Å²) in [6.07, 6.45) is 8.48. The van der Waals surface area contributed by atoms with E-state index in [-0.39, 0.29) is 18.3 Å². The number of carbonyl (C=O) groups excluding carboxylic acids is 1. The van der Waals surface area contributed by atoms with Crippen LogP contribution in [0.3, 0.4) is 0 Å². The van der Waals surface area contributed by atoms with Gasteiger partial charge in [-0.25, -0.2) is 0 Å². The standard InChI is InChI=1S/C25H26N2O.ClH/c1-2-3-15-25(28)27-19-23(22-13-7-8-14-24(22)27)21-12-9-16-26(18-21)17-20-10-5-4-6-11-20;/h2,4-8,10-14,19H,1,3,9,15-18H2;1H. The molecule has 1 unspecified atom stereocenters. The number of allylic oxidation sites excluding steroid dienone is 1. The van der Waals surface area contributed by atoms with Gasteiger partial charge in [-0.15, -0.1) is 6.58 Å². The molecule has 0 radical (unpaired) electrons. The van der Waals surface area contributed by atoms with Crippen LogP contribution in [0.1, 0.15) is 35.2 Å². The van der Waals surface area contributed by atoms with Gasteiger partial charge in [0, 0.05) is 41.1 Å². The first-order valence-electron chi connectivity index (χ1n) is 10.1. The Morgan fingerprint density at radius 1 is 1.10 bits per heavy atom. The van der Waals surface area contributed by atoms with E-state index in [1.807, 2.05) is 22.9 Å². The van der Waals surface area contributed by atoms with Crippen molar-refractivity contribution in [2.24, 2.45) is 0 Å². The minimum absolute atomic E-state index is 0. The Morgan fingerprint density at radius 2 is 1.86 bits per heavy atom. The van der Waals surface area contributed by atoms with Gasteiger partial charge in [0.25, 0.3) is 0 Å². The van der Waals surface area contributed by atoms with Crippen molar-refractivity contribution in [3.63, 3.8) is 0 Å². The number of aromatic nitrogens is 1. The van der Waals surface area contributed by atoms with Crippen LogP contribution in [0.2, 0.25) is 0 Å². The summed E-state index contributed by atoms with van der Waals surface area (Å²) in [6.45, 7) is 6.91. The summed E-state index contributed by atoms with van der Waals surface area (Å²) in [6, 6.07) is 18.9. The highest BCUT2D eigenvalue weighted by Gasteiger charge is 2.22. The van der Waals surface area contributed by atoms with Crippen molar-refractivity contribution in [1.82, 2.24) is 4.57 Å². The van der Waals surface area contributed by atoms with Crippen molar-refractivity contribution in [3.8, 4) is 0 Å². The third-order valence-electron chi connectivity index (χ3n) is 5.51. The Labute approximate surface area is 178 Å². The molecule has 4 heteroatoms. The lowest BCUT2D eigenvalue weighted by atomic mass is 10.00. The molecule has 2 heterocycles. The molecular weight excluding hydrogens is 380 g/mol. The minimum atomic E-state index is 0. The molecule has 29 heavy (non-hydrogen) atoms. The maximum Gasteiger partial charge on any atom is 0.231 e. The van der Waals surface area contributed by atoms with E-state index in [0.717, 1.165) is 31.6 Å². The number of carbonyl (C=O) groups is 1. The maximum atomic E-state index is 12.7. The van der Waals surface area contributed by atoms with Crippen LogP contribution >= 0.6 is 0 Å². The average molecular weight is 407 g/mol. The van der Waals surface area contributed by atoms with Crippen LogP contribution in [0.25, 0.3) is 16.5 Å². The fourth-order valence-electron chi connectivity index (χ4n) is 4.11. The monoisotopic (exact) mass is 406 g/mol. The highest BCUT2D eigenvalue weighted by molar-refractivity contribution is 5.99. The average Bonchev–Trinajstić information content (AvgIpc) is 3.13. The molecule has 1 aromatic heterocycles. The number of halogens is 1. The number of nitrogens with one attached hydrogen (secondary N) is 1. The summed E-state index contributed by atoms with van der Waals surface area (Å²) >= 11 is 0. The summed E-state index contributed by atoms with van der Waals surface area (Å²) in [4.78, 5) is 14.3. The van der Waals surface area contributed by atoms with Crippen molar-refractivity contribution in [2.45, 2.75) is 25.8 Å². The number of para-hydroxylation sites is 1. The number of fused-ring (bicyclic) bond motifs is 1. The van der Waals surface area contributed by atoms with Gasteiger partial charge in [-0.05, 0) is 12.5 Å². The maximum absolute atomic E-state index is 12.7. The molecule has 3 nitrogen and oxygen atoms in total. The molecule has 1 atom stereocenters. The topological polar surface area (TPSA) is 26.4 Å². The van der Waals surface area contributed by atoms with Gasteiger partial charge in [0.1, 0.15) is 13.1 Å². The molecule has 0 spiro atoms. The second kappa shape index (κ2) is 9.73. The highest BCUT2D eigenvalue weighted by Crippen LogP contribution is 2.28. The zero-order valence-corrected chi connectivity index (χ0v) is 17.4. The molecule has 4 rings (SSSR count). The van der Waals surface area contributed by atoms with E-state index in [2.05, 4.69) is 55.1 Å². The Bertz CT molecular complexity index is 1020. The minimum Gasteiger partial charge on any atom is -1.00 e. The van der Waals surface area contributed by atoms with Crippen LogP contribution in [0, 0.1) is 0 Å². The first kappa shape index (κ1) is 21.1. The zero-order chi connectivity index (χ0) is 19.3. The zero-order valence-electron chi connectivity index (χ0n) is 16.6. The molecule has 0 bridgehead atoms. The number of hydrogen-bond donors (Lipinski definition) is 1. The van der Waals surface area contributed by atoms with E-state index >= 15 is 0 Å². The van der Waals surface area contributed by atoms with Gasteiger partial charge in [-0.2, -0.15) is 0 Å². The van der Waals surface area contributed by atoms with Gasteiger partial charge >= 0.3 is 0 Å². The van der Waals surface area contributed by atoms with Crippen molar-refractivity contribution in [2.75, 3.05) is 13.1 Å². The molecule has 1 aliphatic heterocycles. The lowest BCUT2D eigenvalue weighted by molar-refractivity contribution is -0.907. The van der Waals surface area contributed by atoms with Crippen molar-refractivity contribution in [3.05, 3.63) is 90.7 Å². The molecule has 0 aliphatic carbocycles. The van der Waals surface area contributed by atoms with E-state index in [1.54, 1.807) is 11.0 Å². The van der Waals surface area contributed by atoms with E-state index in [1.165, 1.54) is 22.1 Å². The summed E-state index contributed by atoms with van der Waals surface area (Å²) in [5.41, 5.74) is 4.93. The first-order valence-corrected chi connectivity index (χ1v) is 10.1. The van der Waals surface area contributed by atoms with Gasteiger partial charge in [0.15, 0.2) is 0 Å².